The van der Waals surface area contributed by atoms with Crippen molar-refractivity contribution in [3.63, 3.8) is 0 Å². The van der Waals surface area contributed by atoms with Crippen molar-refractivity contribution in [1.29, 1.82) is 0 Å². The quantitative estimate of drug-likeness (QED) is 0.349. The molecule has 0 spiro atoms. The third-order valence-electron chi connectivity index (χ3n) is 2.84. The molecule has 112 valence electrons. The van der Waals surface area contributed by atoms with Crippen molar-refractivity contribution in [1.82, 2.24) is 5.43 Å². The van der Waals surface area contributed by atoms with Crippen molar-refractivity contribution in [2.24, 2.45) is 10.8 Å². The van der Waals surface area contributed by atoms with Crippen molar-refractivity contribution in [3.8, 4) is 0 Å². The lowest BCUT2D eigenvalue weighted by molar-refractivity contribution is -0.137. The molecule has 0 unspecified atom stereocenters. The second-order valence-corrected chi connectivity index (χ2v) is 4.65. The molecule has 0 aliphatic rings. The molecule has 0 aliphatic carbocycles. The van der Waals surface area contributed by atoms with Crippen LogP contribution in [0.25, 0.3) is 6.08 Å². The predicted molar refractivity (Wildman–Crippen MR) is 84.4 cm³/mol. The summed E-state index contributed by atoms with van der Waals surface area (Å²) in [6.07, 6.45) is 7.74. The van der Waals surface area contributed by atoms with E-state index in [1.54, 1.807) is 6.21 Å². The number of hydrazone groups is 1. The highest BCUT2D eigenvalue weighted by atomic mass is 16.2. The van der Waals surface area contributed by atoms with E-state index in [9.17, 15) is 9.59 Å². The Bertz CT molecular complexity index is 522. The fourth-order valence-electron chi connectivity index (χ4n) is 1.75. The molecule has 21 heavy (non-hydrogen) atoms. The number of carbonyl (C=O) groups is 2. The number of carbonyl (C=O) groups excluding carboxylic acids is 2. The monoisotopic (exact) mass is 287 g/mol. The Kier molecular flexibility index (Phi) is 7.50. The van der Waals surface area contributed by atoms with Crippen LogP contribution in [0.4, 0.5) is 0 Å². The Hall–Kier alpha value is -2.43. The third-order valence-corrected chi connectivity index (χ3v) is 2.84. The highest BCUT2D eigenvalue weighted by Crippen LogP contribution is 2.12. The van der Waals surface area contributed by atoms with Crippen LogP contribution in [-0.4, -0.2) is 18.0 Å². The highest BCUT2D eigenvalue weighted by Gasteiger charge is 2.05. The van der Waals surface area contributed by atoms with Crippen LogP contribution in [0.1, 0.15) is 38.2 Å². The van der Waals surface area contributed by atoms with Crippen molar-refractivity contribution in [2.45, 2.75) is 32.6 Å². The van der Waals surface area contributed by atoms with Crippen LogP contribution in [0.5, 0.6) is 0 Å². The number of nitrogens with two attached hydrogens (primary N) is 1. The molecule has 3 N–H and O–H groups in total. The van der Waals surface area contributed by atoms with E-state index in [0.29, 0.717) is 0 Å². The molecular weight excluding hydrogens is 266 g/mol. The molecular formula is C16H21N3O2. The third kappa shape index (κ3) is 7.06. The van der Waals surface area contributed by atoms with Gasteiger partial charge in [-0.05, 0) is 24.0 Å². The number of rotatable bonds is 7. The number of amides is 2. The minimum absolute atomic E-state index is 0.860. The van der Waals surface area contributed by atoms with Crippen molar-refractivity contribution in [3.05, 3.63) is 41.5 Å². The van der Waals surface area contributed by atoms with Crippen molar-refractivity contribution >= 4 is 24.1 Å². The van der Waals surface area contributed by atoms with E-state index in [2.05, 4.69) is 17.5 Å². The Labute approximate surface area is 124 Å². The summed E-state index contributed by atoms with van der Waals surface area (Å²) in [5.41, 5.74) is 8.99. The SMILES string of the molecule is CCCCCC(/C=N\NC(=O)C(N)=O)=C\c1ccccc1. The van der Waals surface area contributed by atoms with Crippen LogP contribution >= 0.6 is 0 Å². The van der Waals surface area contributed by atoms with Gasteiger partial charge in [0.2, 0.25) is 0 Å². The van der Waals surface area contributed by atoms with Gasteiger partial charge in [-0.2, -0.15) is 5.10 Å². The summed E-state index contributed by atoms with van der Waals surface area (Å²) in [5.74, 6) is -1.97. The van der Waals surface area contributed by atoms with Gasteiger partial charge in [-0.3, -0.25) is 9.59 Å². The average Bonchev–Trinajstić information content (AvgIpc) is 2.48. The first-order valence-electron chi connectivity index (χ1n) is 7.02. The van der Waals surface area contributed by atoms with Gasteiger partial charge in [0, 0.05) is 0 Å². The molecule has 0 heterocycles. The number of primary amides is 1. The molecule has 2 amide bonds. The topological polar surface area (TPSA) is 84.6 Å². The van der Waals surface area contributed by atoms with Crippen molar-refractivity contribution < 1.29 is 9.59 Å². The zero-order chi connectivity index (χ0) is 15.5. The van der Waals surface area contributed by atoms with Gasteiger partial charge in [0.05, 0.1) is 6.21 Å². The van der Waals surface area contributed by atoms with Crippen molar-refractivity contribution in [2.75, 3.05) is 0 Å². The minimum atomic E-state index is -1.05. The number of allylic oxidation sites excluding steroid dienone is 1. The molecule has 5 heteroatoms. The summed E-state index contributed by atoms with van der Waals surface area (Å²) in [5, 5.41) is 3.77. The highest BCUT2D eigenvalue weighted by molar-refractivity contribution is 6.34. The smallest absolute Gasteiger partial charge is 0.329 e. The second-order valence-electron chi connectivity index (χ2n) is 4.65. The fourth-order valence-corrected chi connectivity index (χ4v) is 1.75. The molecule has 1 aromatic carbocycles. The summed E-state index contributed by atoms with van der Waals surface area (Å²) in [6.45, 7) is 2.14. The molecule has 0 saturated heterocycles. The lowest BCUT2D eigenvalue weighted by Crippen LogP contribution is -2.32. The van der Waals surface area contributed by atoms with Gasteiger partial charge in [0.15, 0.2) is 0 Å². The van der Waals surface area contributed by atoms with Crippen LogP contribution < -0.4 is 11.2 Å². The van der Waals surface area contributed by atoms with Gasteiger partial charge >= 0.3 is 11.8 Å². The minimum Gasteiger partial charge on any atom is -0.361 e. The Morgan fingerprint density at radius 1 is 1.24 bits per heavy atom. The number of nitrogens with zero attached hydrogens (tertiary/aromatic N) is 1. The number of hydrogen-bond donors (Lipinski definition) is 2. The summed E-state index contributed by atoms with van der Waals surface area (Å²) >= 11 is 0. The fraction of sp³-hybridized carbons (Fsp3) is 0.312. The first kappa shape index (κ1) is 16.6. The Morgan fingerprint density at radius 2 is 1.95 bits per heavy atom. The maximum Gasteiger partial charge on any atom is 0.329 e. The summed E-state index contributed by atoms with van der Waals surface area (Å²) in [7, 11) is 0. The number of benzene rings is 1. The second kappa shape index (κ2) is 9.47. The van der Waals surface area contributed by atoms with E-state index in [1.807, 2.05) is 36.4 Å². The van der Waals surface area contributed by atoms with Gasteiger partial charge < -0.3 is 5.73 Å². The molecule has 0 saturated carbocycles. The number of nitrogens with one attached hydrogen (secondary N) is 1. The van der Waals surface area contributed by atoms with Crippen LogP contribution in [-0.2, 0) is 9.59 Å². The molecule has 0 radical (unpaired) electrons. The summed E-state index contributed by atoms with van der Waals surface area (Å²) in [6, 6.07) is 9.86. The van der Waals surface area contributed by atoms with Gasteiger partial charge in [-0.15, -0.1) is 0 Å². The maximum absolute atomic E-state index is 11.0. The largest absolute Gasteiger partial charge is 0.361 e. The number of hydrogen-bond acceptors (Lipinski definition) is 3. The first-order valence-corrected chi connectivity index (χ1v) is 7.02. The predicted octanol–water partition coefficient (Wildman–Crippen LogP) is 2.24. The zero-order valence-corrected chi connectivity index (χ0v) is 12.2. The maximum atomic E-state index is 11.0. The normalized spacial score (nSPS) is 11.6. The van der Waals surface area contributed by atoms with E-state index >= 15 is 0 Å². The summed E-state index contributed by atoms with van der Waals surface area (Å²) < 4.78 is 0. The number of unbranched alkanes of at least 4 members (excludes halogenated alkanes) is 2. The average molecular weight is 287 g/mol. The molecule has 0 aromatic heterocycles. The van der Waals surface area contributed by atoms with Gasteiger partial charge in [-0.1, -0.05) is 56.2 Å². The van der Waals surface area contributed by atoms with E-state index in [1.165, 1.54) is 0 Å². The lowest BCUT2D eigenvalue weighted by atomic mass is 10.1. The van der Waals surface area contributed by atoms with Crippen LogP contribution in [0, 0.1) is 0 Å². The molecule has 0 aliphatic heterocycles. The Balaban J connectivity index is 2.72. The standard InChI is InChI=1S/C16H21N3O2/c1-2-3-5-10-14(11-13-8-6-4-7-9-13)12-18-19-16(21)15(17)20/h4,6-9,11-12H,2-3,5,10H2,1H3,(H2,17,20)(H,19,21)/b14-11+,18-12-. The van der Waals surface area contributed by atoms with E-state index in [4.69, 9.17) is 5.73 Å². The summed E-state index contributed by atoms with van der Waals surface area (Å²) in [4.78, 5) is 21.6. The molecule has 0 bridgehead atoms. The lowest BCUT2D eigenvalue weighted by Gasteiger charge is -2.02. The molecule has 0 atom stereocenters. The van der Waals surface area contributed by atoms with Gasteiger partial charge in [-0.25, -0.2) is 5.43 Å². The van der Waals surface area contributed by atoms with Crippen LogP contribution in [0.3, 0.4) is 0 Å². The Morgan fingerprint density at radius 3 is 2.57 bits per heavy atom. The molecule has 0 fully saturated rings. The molecule has 1 rings (SSSR count). The van der Waals surface area contributed by atoms with Crippen LogP contribution in [0.15, 0.2) is 41.0 Å². The van der Waals surface area contributed by atoms with E-state index in [0.717, 1.165) is 36.8 Å². The van der Waals surface area contributed by atoms with Gasteiger partial charge in [0.1, 0.15) is 0 Å². The molecule has 1 aromatic rings. The van der Waals surface area contributed by atoms with E-state index in [-0.39, 0.29) is 0 Å². The zero-order valence-electron chi connectivity index (χ0n) is 12.2. The first-order chi connectivity index (χ1) is 10.1. The van der Waals surface area contributed by atoms with Gasteiger partial charge in [0.25, 0.3) is 0 Å². The molecule has 5 nitrogen and oxygen atoms in total. The van der Waals surface area contributed by atoms with Crippen LogP contribution in [0.2, 0.25) is 0 Å². The van der Waals surface area contributed by atoms with E-state index < -0.39 is 11.8 Å².